The minimum atomic E-state index is -0.559. The van der Waals surface area contributed by atoms with E-state index in [0.717, 1.165) is 6.42 Å². The summed E-state index contributed by atoms with van der Waals surface area (Å²) in [5.74, 6) is 0.401. The van der Waals surface area contributed by atoms with Crippen molar-refractivity contribution in [3.05, 3.63) is 68.7 Å². The van der Waals surface area contributed by atoms with Crippen molar-refractivity contribution >= 4 is 27.5 Å². The molecule has 1 aromatic carbocycles. The summed E-state index contributed by atoms with van der Waals surface area (Å²) in [5.41, 5.74) is 0.921. The molecule has 0 fully saturated rings. The highest BCUT2D eigenvalue weighted by Gasteiger charge is 2.17. The van der Waals surface area contributed by atoms with E-state index < -0.39 is 5.97 Å². The predicted molar refractivity (Wildman–Crippen MR) is 107 cm³/mol. The molecule has 8 heteroatoms. The van der Waals surface area contributed by atoms with Crippen molar-refractivity contribution in [3.63, 3.8) is 0 Å². The summed E-state index contributed by atoms with van der Waals surface area (Å²) in [6.07, 6.45) is 2.48. The molecular weight excluding hydrogens is 428 g/mol. The van der Waals surface area contributed by atoms with E-state index in [1.165, 1.54) is 17.6 Å². The molecule has 0 aliphatic heterocycles. The maximum Gasteiger partial charge on any atom is 0.338 e. The van der Waals surface area contributed by atoms with Crippen molar-refractivity contribution in [2.24, 2.45) is 0 Å². The fraction of sp³-hybridized carbons (Fsp3) is 0.250. The first-order valence-corrected chi connectivity index (χ1v) is 9.47. The minimum Gasteiger partial charge on any atom is -0.493 e. The van der Waals surface area contributed by atoms with Crippen molar-refractivity contribution in [1.29, 1.82) is 0 Å². The van der Waals surface area contributed by atoms with Gasteiger partial charge in [-0.1, -0.05) is 13.0 Å². The second-order valence-electron chi connectivity index (χ2n) is 5.93. The van der Waals surface area contributed by atoms with E-state index in [9.17, 15) is 9.59 Å². The number of esters is 1. The third kappa shape index (κ3) is 4.33. The lowest BCUT2D eigenvalue weighted by Crippen LogP contribution is -2.16. The highest BCUT2D eigenvalue weighted by Crippen LogP contribution is 2.37. The van der Waals surface area contributed by atoms with Crippen LogP contribution >= 0.6 is 15.9 Å². The summed E-state index contributed by atoms with van der Waals surface area (Å²) >= 11 is 3.40. The summed E-state index contributed by atoms with van der Waals surface area (Å²) in [6, 6.07) is 9.75. The second kappa shape index (κ2) is 8.88. The molecule has 28 heavy (non-hydrogen) atoms. The lowest BCUT2D eigenvalue weighted by molar-refractivity contribution is 0.0467. The standard InChI is InChI=1S/C20H19BrN2O5/c1-3-8-27-19-15(21)9-13(10-16(19)26-2)20(25)28-12-14-11-18(24)23-7-5-4-6-17(23)22-14/h4-7,9-11H,3,8,12H2,1-2H3. The van der Waals surface area contributed by atoms with Crippen LogP contribution in [-0.4, -0.2) is 29.1 Å². The van der Waals surface area contributed by atoms with Crippen molar-refractivity contribution < 1.29 is 19.0 Å². The first-order valence-electron chi connectivity index (χ1n) is 8.68. The Kier molecular flexibility index (Phi) is 6.30. The number of fused-ring (bicyclic) bond motifs is 1. The summed E-state index contributed by atoms with van der Waals surface area (Å²) in [7, 11) is 1.50. The quantitative estimate of drug-likeness (QED) is 0.515. The fourth-order valence-electron chi connectivity index (χ4n) is 2.58. The van der Waals surface area contributed by atoms with E-state index in [0.29, 0.717) is 39.5 Å². The van der Waals surface area contributed by atoms with Crippen LogP contribution in [0.5, 0.6) is 11.5 Å². The van der Waals surface area contributed by atoms with Gasteiger partial charge in [-0.15, -0.1) is 0 Å². The zero-order chi connectivity index (χ0) is 20.1. The number of halogens is 1. The van der Waals surface area contributed by atoms with Crippen molar-refractivity contribution in [2.45, 2.75) is 20.0 Å². The van der Waals surface area contributed by atoms with Gasteiger partial charge in [0.25, 0.3) is 5.56 Å². The number of carbonyl (C=O) groups is 1. The summed E-state index contributed by atoms with van der Waals surface area (Å²) in [5, 5.41) is 0. The van der Waals surface area contributed by atoms with Crippen LogP contribution in [0.4, 0.5) is 0 Å². The first kappa shape index (κ1) is 19.9. The van der Waals surface area contributed by atoms with Crippen LogP contribution < -0.4 is 15.0 Å². The van der Waals surface area contributed by atoms with Crippen LogP contribution in [-0.2, 0) is 11.3 Å². The first-order chi connectivity index (χ1) is 13.5. The Morgan fingerprint density at radius 1 is 1.25 bits per heavy atom. The molecule has 0 N–H and O–H groups in total. The van der Waals surface area contributed by atoms with Gasteiger partial charge in [0.2, 0.25) is 0 Å². The van der Waals surface area contributed by atoms with Crippen molar-refractivity contribution in [3.8, 4) is 11.5 Å². The normalized spacial score (nSPS) is 10.7. The van der Waals surface area contributed by atoms with E-state index in [1.807, 2.05) is 6.92 Å². The molecule has 0 spiro atoms. The summed E-state index contributed by atoms with van der Waals surface area (Å²) in [4.78, 5) is 28.9. The monoisotopic (exact) mass is 446 g/mol. The number of benzene rings is 1. The molecule has 146 valence electrons. The van der Waals surface area contributed by atoms with E-state index in [4.69, 9.17) is 14.2 Å². The molecule has 0 amide bonds. The Morgan fingerprint density at radius 2 is 2.07 bits per heavy atom. The van der Waals surface area contributed by atoms with E-state index in [1.54, 1.807) is 36.5 Å². The SMILES string of the molecule is CCCOc1c(Br)cc(C(=O)OCc2cc(=O)n3ccccc3n2)cc1OC. The van der Waals surface area contributed by atoms with Crippen molar-refractivity contribution in [1.82, 2.24) is 9.38 Å². The molecule has 0 saturated carbocycles. The lowest BCUT2D eigenvalue weighted by Gasteiger charge is -2.13. The molecule has 0 bridgehead atoms. The Bertz CT molecular complexity index is 1060. The fourth-order valence-corrected chi connectivity index (χ4v) is 3.14. The molecule has 7 nitrogen and oxygen atoms in total. The average molecular weight is 447 g/mol. The number of pyridine rings is 1. The van der Waals surface area contributed by atoms with Gasteiger partial charge in [0.1, 0.15) is 12.3 Å². The zero-order valence-electron chi connectivity index (χ0n) is 15.5. The highest BCUT2D eigenvalue weighted by atomic mass is 79.9. The average Bonchev–Trinajstić information content (AvgIpc) is 2.70. The van der Waals surface area contributed by atoms with Crippen molar-refractivity contribution in [2.75, 3.05) is 13.7 Å². The molecule has 0 unspecified atom stereocenters. The lowest BCUT2D eigenvalue weighted by atomic mass is 10.2. The largest absolute Gasteiger partial charge is 0.493 e. The number of hydrogen-bond acceptors (Lipinski definition) is 6. The number of hydrogen-bond donors (Lipinski definition) is 0. The smallest absolute Gasteiger partial charge is 0.338 e. The van der Waals surface area contributed by atoms with Gasteiger partial charge in [0, 0.05) is 12.3 Å². The van der Waals surface area contributed by atoms with Gasteiger partial charge in [0.05, 0.1) is 29.4 Å². The molecule has 0 aliphatic rings. The van der Waals surface area contributed by atoms with Gasteiger partial charge < -0.3 is 14.2 Å². The number of carbonyl (C=O) groups excluding carboxylic acids is 1. The molecule has 3 rings (SSSR count). The van der Waals surface area contributed by atoms with E-state index in [-0.39, 0.29) is 12.2 Å². The molecule has 0 aliphatic carbocycles. The molecule has 2 aromatic heterocycles. The Morgan fingerprint density at radius 3 is 2.82 bits per heavy atom. The topological polar surface area (TPSA) is 79.1 Å². The van der Waals surface area contributed by atoms with Crippen LogP contribution in [0, 0.1) is 0 Å². The number of methoxy groups -OCH3 is 1. The Hall–Kier alpha value is -2.87. The summed E-state index contributed by atoms with van der Waals surface area (Å²) in [6.45, 7) is 2.41. The number of nitrogens with zero attached hydrogens (tertiary/aromatic N) is 2. The number of rotatable bonds is 7. The van der Waals surface area contributed by atoms with Crippen LogP contribution in [0.15, 0.2) is 51.9 Å². The second-order valence-corrected chi connectivity index (χ2v) is 6.78. The Labute approximate surface area is 170 Å². The third-order valence-electron chi connectivity index (χ3n) is 3.89. The maximum atomic E-state index is 12.5. The number of aromatic nitrogens is 2. The molecule has 0 saturated heterocycles. The number of ether oxygens (including phenoxy) is 3. The minimum absolute atomic E-state index is 0.118. The van der Waals surface area contributed by atoms with Crippen LogP contribution in [0.2, 0.25) is 0 Å². The highest BCUT2D eigenvalue weighted by molar-refractivity contribution is 9.10. The maximum absolute atomic E-state index is 12.5. The van der Waals surface area contributed by atoms with Gasteiger partial charge in [-0.2, -0.15) is 0 Å². The van der Waals surface area contributed by atoms with Gasteiger partial charge >= 0.3 is 5.97 Å². The third-order valence-corrected chi connectivity index (χ3v) is 4.48. The van der Waals surface area contributed by atoms with Gasteiger partial charge in [-0.3, -0.25) is 9.20 Å². The predicted octanol–water partition coefficient (Wildman–Crippen LogP) is 3.61. The van der Waals surface area contributed by atoms with Crippen LogP contribution in [0.1, 0.15) is 29.4 Å². The van der Waals surface area contributed by atoms with E-state index in [2.05, 4.69) is 20.9 Å². The molecular formula is C20H19BrN2O5. The van der Waals surface area contributed by atoms with Gasteiger partial charge in [0.15, 0.2) is 11.5 Å². The van der Waals surface area contributed by atoms with Crippen LogP contribution in [0.25, 0.3) is 5.65 Å². The molecule has 0 atom stereocenters. The van der Waals surface area contributed by atoms with E-state index >= 15 is 0 Å². The van der Waals surface area contributed by atoms with Crippen LogP contribution in [0.3, 0.4) is 0 Å². The summed E-state index contributed by atoms with van der Waals surface area (Å²) < 4.78 is 18.3. The zero-order valence-corrected chi connectivity index (χ0v) is 17.1. The molecule has 0 radical (unpaired) electrons. The van der Waals surface area contributed by atoms with Gasteiger partial charge in [-0.25, -0.2) is 9.78 Å². The van der Waals surface area contributed by atoms with Gasteiger partial charge in [-0.05, 0) is 46.6 Å². The Balaban J connectivity index is 1.78. The molecule has 3 aromatic rings. The molecule has 2 heterocycles.